The summed E-state index contributed by atoms with van der Waals surface area (Å²) in [5, 5.41) is 6.40. The summed E-state index contributed by atoms with van der Waals surface area (Å²) in [5.41, 5.74) is 0. The molecule has 0 aromatic heterocycles. The molecule has 2 unspecified atom stereocenters. The molecule has 0 bridgehead atoms. The van der Waals surface area contributed by atoms with E-state index in [2.05, 4.69) is 17.6 Å². The Morgan fingerprint density at radius 1 is 1.50 bits per heavy atom. The average Bonchev–Trinajstić information content (AvgIpc) is 2.65. The van der Waals surface area contributed by atoms with E-state index in [-0.39, 0.29) is 6.03 Å². The van der Waals surface area contributed by atoms with Crippen LogP contribution in [-0.4, -0.2) is 43.2 Å². The molecule has 1 aliphatic carbocycles. The van der Waals surface area contributed by atoms with Gasteiger partial charge in [0.2, 0.25) is 0 Å². The lowest BCUT2D eigenvalue weighted by atomic mass is 9.87. The molecule has 1 saturated heterocycles. The van der Waals surface area contributed by atoms with Gasteiger partial charge in [-0.1, -0.05) is 19.8 Å². The van der Waals surface area contributed by atoms with Crippen LogP contribution in [0, 0.1) is 5.92 Å². The molecule has 2 fully saturated rings. The van der Waals surface area contributed by atoms with Gasteiger partial charge >= 0.3 is 6.03 Å². The van der Waals surface area contributed by atoms with Gasteiger partial charge in [0, 0.05) is 32.2 Å². The van der Waals surface area contributed by atoms with Gasteiger partial charge in [-0.25, -0.2) is 4.79 Å². The Hall–Kier alpha value is -0.770. The maximum atomic E-state index is 11.3. The highest BCUT2D eigenvalue weighted by molar-refractivity contribution is 5.76. The molecule has 2 amide bonds. The standard InChI is InChI=1S/C12H23N3O/c1-10-3-2-4-11(9-10)13-5-7-15-8-6-14-12(15)16/h10-11,13H,2-9H2,1H3,(H,14,16). The molecular formula is C12H23N3O. The first-order valence-corrected chi connectivity index (χ1v) is 6.52. The Kier molecular flexibility index (Phi) is 4.04. The van der Waals surface area contributed by atoms with Crippen molar-refractivity contribution >= 4 is 6.03 Å². The highest BCUT2D eigenvalue weighted by Crippen LogP contribution is 2.23. The van der Waals surface area contributed by atoms with Crippen LogP contribution in [0.5, 0.6) is 0 Å². The summed E-state index contributed by atoms with van der Waals surface area (Å²) < 4.78 is 0. The average molecular weight is 225 g/mol. The van der Waals surface area contributed by atoms with Crippen molar-refractivity contribution in [1.29, 1.82) is 0 Å². The monoisotopic (exact) mass is 225 g/mol. The van der Waals surface area contributed by atoms with E-state index in [9.17, 15) is 4.79 Å². The normalized spacial score (nSPS) is 30.6. The second kappa shape index (κ2) is 5.53. The number of carbonyl (C=O) groups is 1. The van der Waals surface area contributed by atoms with Crippen LogP contribution in [0.15, 0.2) is 0 Å². The Bertz CT molecular complexity index is 244. The minimum Gasteiger partial charge on any atom is -0.336 e. The van der Waals surface area contributed by atoms with Crippen LogP contribution in [-0.2, 0) is 0 Å². The molecule has 2 aliphatic rings. The molecule has 92 valence electrons. The van der Waals surface area contributed by atoms with Gasteiger partial charge in [-0.3, -0.25) is 0 Å². The molecule has 1 heterocycles. The second-order valence-electron chi connectivity index (χ2n) is 5.14. The number of urea groups is 1. The third-order valence-corrected chi connectivity index (χ3v) is 3.70. The molecular weight excluding hydrogens is 202 g/mol. The molecule has 0 radical (unpaired) electrons. The molecule has 0 spiro atoms. The number of nitrogens with one attached hydrogen (secondary N) is 2. The molecule has 2 N–H and O–H groups in total. The first-order chi connectivity index (χ1) is 7.75. The third kappa shape index (κ3) is 3.11. The summed E-state index contributed by atoms with van der Waals surface area (Å²) in [6.45, 7) is 5.78. The van der Waals surface area contributed by atoms with Gasteiger partial charge in [0.05, 0.1) is 0 Å². The van der Waals surface area contributed by atoms with Gasteiger partial charge in [-0.15, -0.1) is 0 Å². The highest BCUT2D eigenvalue weighted by Gasteiger charge is 2.21. The topological polar surface area (TPSA) is 44.4 Å². The van der Waals surface area contributed by atoms with Crippen molar-refractivity contribution in [2.45, 2.75) is 38.6 Å². The molecule has 4 heteroatoms. The quantitative estimate of drug-likeness (QED) is 0.754. The van der Waals surface area contributed by atoms with Gasteiger partial charge in [0.25, 0.3) is 0 Å². The van der Waals surface area contributed by atoms with Crippen LogP contribution in [0.25, 0.3) is 0 Å². The number of nitrogens with zero attached hydrogens (tertiary/aromatic N) is 1. The molecule has 0 aromatic carbocycles. The van der Waals surface area contributed by atoms with Gasteiger partial charge in [-0.05, 0) is 18.8 Å². The summed E-state index contributed by atoms with van der Waals surface area (Å²) >= 11 is 0. The van der Waals surface area contributed by atoms with Crippen LogP contribution in [0.2, 0.25) is 0 Å². The molecule has 1 aliphatic heterocycles. The van der Waals surface area contributed by atoms with E-state index >= 15 is 0 Å². The predicted octanol–water partition coefficient (Wildman–Crippen LogP) is 1.18. The van der Waals surface area contributed by atoms with Crippen molar-refractivity contribution in [3.05, 3.63) is 0 Å². The van der Waals surface area contributed by atoms with Crippen LogP contribution in [0.1, 0.15) is 32.6 Å². The lowest BCUT2D eigenvalue weighted by molar-refractivity contribution is 0.215. The summed E-state index contributed by atoms with van der Waals surface area (Å²) in [6, 6.07) is 0.772. The van der Waals surface area contributed by atoms with Crippen molar-refractivity contribution in [2.24, 2.45) is 5.92 Å². The summed E-state index contributed by atoms with van der Waals surface area (Å²) in [6.07, 6.45) is 5.33. The number of hydrogen-bond acceptors (Lipinski definition) is 2. The van der Waals surface area contributed by atoms with Crippen molar-refractivity contribution in [3.8, 4) is 0 Å². The molecule has 16 heavy (non-hydrogen) atoms. The molecule has 4 nitrogen and oxygen atoms in total. The smallest absolute Gasteiger partial charge is 0.317 e. The van der Waals surface area contributed by atoms with Crippen molar-refractivity contribution in [3.63, 3.8) is 0 Å². The number of amides is 2. The molecule has 1 saturated carbocycles. The molecule has 2 atom stereocenters. The summed E-state index contributed by atoms with van der Waals surface area (Å²) in [4.78, 5) is 13.2. The number of hydrogen-bond donors (Lipinski definition) is 2. The van der Waals surface area contributed by atoms with Crippen LogP contribution < -0.4 is 10.6 Å². The van der Waals surface area contributed by atoms with E-state index in [0.717, 1.165) is 32.1 Å². The number of rotatable bonds is 4. The lowest BCUT2D eigenvalue weighted by Crippen LogP contribution is -2.40. The fraction of sp³-hybridized carbons (Fsp3) is 0.917. The van der Waals surface area contributed by atoms with Crippen molar-refractivity contribution in [1.82, 2.24) is 15.5 Å². The van der Waals surface area contributed by atoms with Gasteiger partial charge in [0.15, 0.2) is 0 Å². The Labute approximate surface area is 97.8 Å². The number of carbonyl (C=O) groups excluding carboxylic acids is 1. The first kappa shape index (κ1) is 11.7. The minimum atomic E-state index is 0.0961. The SMILES string of the molecule is CC1CCCC(NCCN2CCNC2=O)C1. The zero-order valence-corrected chi connectivity index (χ0v) is 10.2. The maximum absolute atomic E-state index is 11.3. The Morgan fingerprint density at radius 2 is 2.38 bits per heavy atom. The lowest BCUT2D eigenvalue weighted by Gasteiger charge is -2.28. The zero-order valence-electron chi connectivity index (χ0n) is 10.2. The fourth-order valence-corrected chi connectivity index (χ4v) is 2.75. The van der Waals surface area contributed by atoms with Gasteiger partial charge in [0.1, 0.15) is 0 Å². The van der Waals surface area contributed by atoms with E-state index in [1.165, 1.54) is 25.7 Å². The highest BCUT2D eigenvalue weighted by atomic mass is 16.2. The van der Waals surface area contributed by atoms with Crippen LogP contribution in [0.3, 0.4) is 0 Å². The van der Waals surface area contributed by atoms with Crippen molar-refractivity contribution in [2.75, 3.05) is 26.2 Å². The van der Waals surface area contributed by atoms with Crippen LogP contribution in [0.4, 0.5) is 4.79 Å². The Morgan fingerprint density at radius 3 is 3.06 bits per heavy atom. The second-order valence-corrected chi connectivity index (χ2v) is 5.14. The predicted molar refractivity (Wildman–Crippen MR) is 64.4 cm³/mol. The van der Waals surface area contributed by atoms with Gasteiger partial charge < -0.3 is 15.5 Å². The van der Waals surface area contributed by atoms with E-state index < -0.39 is 0 Å². The zero-order chi connectivity index (χ0) is 11.4. The summed E-state index contributed by atoms with van der Waals surface area (Å²) in [5.74, 6) is 0.862. The van der Waals surface area contributed by atoms with E-state index in [0.29, 0.717) is 6.04 Å². The van der Waals surface area contributed by atoms with E-state index in [1.807, 2.05) is 4.90 Å². The van der Waals surface area contributed by atoms with E-state index in [1.54, 1.807) is 0 Å². The minimum absolute atomic E-state index is 0.0961. The van der Waals surface area contributed by atoms with Gasteiger partial charge in [-0.2, -0.15) is 0 Å². The molecule has 2 rings (SSSR count). The largest absolute Gasteiger partial charge is 0.336 e. The maximum Gasteiger partial charge on any atom is 0.317 e. The van der Waals surface area contributed by atoms with E-state index in [4.69, 9.17) is 0 Å². The summed E-state index contributed by atoms with van der Waals surface area (Å²) in [7, 11) is 0. The van der Waals surface area contributed by atoms with Crippen LogP contribution >= 0.6 is 0 Å². The molecule has 0 aromatic rings. The fourth-order valence-electron chi connectivity index (χ4n) is 2.75. The first-order valence-electron chi connectivity index (χ1n) is 6.52. The van der Waals surface area contributed by atoms with Crippen molar-refractivity contribution < 1.29 is 4.79 Å². The third-order valence-electron chi connectivity index (χ3n) is 3.70. The Balaban J connectivity index is 1.62.